The van der Waals surface area contributed by atoms with Gasteiger partial charge in [0.1, 0.15) is 11.4 Å². The minimum absolute atomic E-state index is 0.135. The maximum absolute atomic E-state index is 12.6. The number of piperazine rings is 1. The topological polar surface area (TPSA) is 100 Å². The molecule has 1 heterocycles. The normalized spacial score (nSPS) is 14.5. The van der Waals surface area contributed by atoms with Crippen LogP contribution in [0.3, 0.4) is 0 Å². The first-order valence-corrected chi connectivity index (χ1v) is 13.7. The summed E-state index contributed by atoms with van der Waals surface area (Å²) in [5, 5.41) is 3.55. The second kappa shape index (κ2) is 14.0. The van der Waals surface area contributed by atoms with Crippen molar-refractivity contribution in [3.8, 4) is 11.8 Å². The lowest BCUT2D eigenvalue weighted by molar-refractivity contribution is 0.0144. The number of hydrogen-bond donors (Lipinski definition) is 2. The predicted molar refractivity (Wildman–Crippen MR) is 161 cm³/mol. The van der Waals surface area contributed by atoms with E-state index >= 15 is 0 Å². The van der Waals surface area contributed by atoms with Gasteiger partial charge < -0.3 is 20.7 Å². The van der Waals surface area contributed by atoms with Crippen LogP contribution in [0.5, 0.6) is 0 Å². The Bertz CT molecular complexity index is 1310. The zero-order valence-corrected chi connectivity index (χ0v) is 24.5. The Hall–Kier alpha value is -3.80. The molecule has 1 aliphatic rings. The molecule has 0 radical (unpaired) electrons. The van der Waals surface area contributed by atoms with Crippen molar-refractivity contribution in [2.24, 2.45) is 10.7 Å². The molecule has 0 unspecified atom stereocenters. The third kappa shape index (κ3) is 9.15. The number of allylic oxidation sites excluding steroid dienone is 1. The first kappa shape index (κ1) is 30.7. The third-order valence-corrected chi connectivity index (χ3v) is 6.57. The van der Waals surface area contributed by atoms with Gasteiger partial charge >= 0.3 is 6.09 Å². The van der Waals surface area contributed by atoms with E-state index in [4.69, 9.17) is 22.1 Å². The molecule has 0 aliphatic carbocycles. The van der Waals surface area contributed by atoms with Crippen LogP contribution in [0, 0.1) is 18.8 Å². The molecule has 2 amide bonds. The molecule has 0 atom stereocenters. The third-order valence-electron chi connectivity index (χ3n) is 6.34. The Labute approximate surface area is 242 Å². The van der Waals surface area contributed by atoms with Gasteiger partial charge in [0.2, 0.25) is 0 Å². The van der Waals surface area contributed by atoms with E-state index in [2.05, 4.69) is 33.8 Å². The molecule has 1 saturated heterocycles. The van der Waals surface area contributed by atoms with Crippen LogP contribution in [0.2, 0.25) is 5.02 Å². The molecule has 8 nitrogen and oxygen atoms in total. The van der Waals surface area contributed by atoms with Gasteiger partial charge in [-0.1, -0.05) is 29.5 Å². The maximum atomic E-state index is 12.6. The lowest BCUT2D eigenvalue weighted by Crippen LogP contribution is -2.50. The van der Waals surface area contributed by atoms with Crippen LogP contribution in [0.15, 0.2) is 53.3 Å². The quantitative estimate of drug-likeness (QED) is 0.289. The van der Waals surface area contributed by atoms with Crippen LogP contribution in [0.4, 0.5) is 4.79 Å². The van der Waals surface area contributed by atoms with Crippen molar-refractivity contribution in [1.29, 1.82) is 0 Å². The number of carbonyl (C=O) groups is 2. The molecule has 40 heavy (non-hydrogen) atoms. The van der Waals surface area contributed by atoms with Gasteiger partial charge in [-0.15, -0.1) is 0 Å². The number of amides is 2. The standard InChI is InChI=1S/C31H38ClN5O3/c1-22-7-13-25(32)21-27(22)26(28(33)34-5)14-10-23-8-11-24(12-9-23)29(38)35-15-6-16-36-17-19-37(20-18-36)30(39)40-31(2,3)4/h7-9,11-13,21H,5-6,15-20,33H2,1-4H3,(H,35,38)/b28-26-. The summed E-state index contributed by atoms with van der Waals surface area (Å²) in [6.07, 6.45) is 0.556. The van der Waals surface area contributed by atoms with Crippen LogP contribution in [-0.2, 0) is 4.74 Å². The fraction of sp³-hybridized carbons (Fsp3) is 0.387. The monoisotopic (exact) mass is 563 g/mol. The highest BCUT2D eigenvalue weighted by molar-refractivity contribution is 6.30. The molecule has 0 spiro atoms. The Balaban J connectivity index is 1.48. The van der Waals surface area contributed by atoms with E-state index in [-0.39, 0.29) is 17.8 Å². The van der Waals surface area contributed by atoms with Crippen molar-refractivity contribution in [3.05, 3.63) is 75.6 Å². The fourth-order valence-corrected chi connectivity index (χ4v) is 4.31. The van der Waals surface area contributed by atoms with Crippen LogP contribution in [-0.4, -0.2) is 73.4 Å². The summed E-state index contributed by atoms with van der Waals surface area (Å²) in [6, 6.07) is 12.6. The highest BCUT2D eigenvalue weighted by atomic mass is 35.5. The van der Waals surface area contributed by atoms with Crippen LogP contribution >= 0.6 is 11.6 Å². The minimum Gasteiger partial charge on any atom is -0.444 e. The van der Waals surface area contributed by atoms with Gasteiger partial charge in [-0.3, -0.25) is 9.69 Å². The first-order valence-electron chi connectivity index (χ1n) is 13.3. The van der Waals surface area contributed by atoms with Gasteiger partial charge in [0.05, 0.1) is 5.57 Å². The minimum atomic E-state index is -0.491. The van der Waals surface area contributed by atoms with E-state index in [0.717, 1.165) is 42.7 Å². The molecule has 1 fully saturated rings. The average molecular weight is 564 g/mol. The van der Waals surface area contributed by atoms with Crippen molar-refractivity contribution in [3.63, 3.8) is 0 Å². The van der Waals surface area contributed by atoms with Crippen molar-refractivity contribution >= 4 is 35.9 Å². The number of nitrogens with two attached hydrogens (primary N) is 1. The van der Waals surface area contributed by atoms with Crippen molar-refractivity contribution < 1.29 is 14.3 Å². The molecule has 212 valence electrons. The predicted octanol–water partition coefficient (Wildman–Crippen LogP) is 4.70. The Morgan fingerprint density at radius 2 is 1.80 bits per heavy atom. The molecular formula is C31H38ClN5O3. The van der Waals surface area contributed by atoms with E-state index in [1.807, 2.05) is 39.8 Å². The summed E-state index contributed by atoms with van der Waals surface area (Å²) in [6.45, 7) is 15.4. The second-order valence-corrected chi connectivity index (χ2v) is 11.1. The number of rotatable bonds is 7. The smallest absolute Gasteiger partial charge is 0.410 e. The average Bonchev–Trinajstić information content (AvgIpc) is 2.92. The molecule has 9 heteroatoms. The van der Waals surface area contributed by atoms with Gasteiger partial charge in [0.15, 0.2) is 0 Å². The molecule has 3 rings (SSSR count). The summed E-state index contributed by atoms with van der Waals surface area (Å²) >= 11 is 6.18. The van der Waals surface area contributed by atoms with E-state index in [1.54, 1.807) is 35.2 Å². The molecule has 2 aromatic rings. The van der Waals surface area contributed by atoms with Gasteiger partial charge in [0, 0.05) is 48.9 Å². The number of carbonyl (C=O) groups excluding carboxylic acids is 2. The number of aryl methyl sites for hydroxylation is 1. The Kier molecular flexibility index (Phi) is 10.8. The molecule has 2 aromatic carbocycles. The fourth-order valence-electron chi connectivity index (χ4n) is 4.14. The zero-order valence-electron chi connectivity index (χ0n) is 23.7. The molecule has 1 aliphatic heterocycles. The van der Waals surface area contributed by atoms with E-state index in [0.29, 0.717) is 35.8 Å². The lowest BCUT2D eigenvalue weighted by Gasteiger charge is -2.35. The van der Waals surface area contributed by atoms with Crippen molar-refractivity contribution in [2.75, 3.05) is 39.3 Å². The number of halogens is 1. The number of nitrogens with zero attached hydrogens (tertiary/aromatic N) is 3. The van der Waals surface area contributed by atoms with Gasteiger partial charge in [-0.25, -0.2) is 9.79 Å². The second-order valence-electron chi connectivity index (χ2n) is 10.6. The number of aliphatic imine (C=N–C) groups is 1. The first-order chi connectivity index (χ1) is 19.0. The summed E-state index contributed by atoms with van der Waals surface area (Å²) in [4.78, 5) is 32.7. The van der Waals surface area contributed by atoms with Gasteiger partial charge in [0.25, 0.3) is 5.91 Å². The zero-order chi connectivity index (χ0) is 29.3. The number of hydrogen-bond acceptors (Lipinski definition) is 6. The van der Waals surface area contributed by atoms with Crippen molar-refractivity contribution in [2.45, 2.75) is 39.7 Å². The SMILES string of the molecule is C=N/C(N)=C(/C#Cc1ccc(C(=O)NCCCN2CCN(C(=O)OC(C)(C)C)CC2)cc1)c1cc(Cl)ccc1C. The molecule has 3 N–H and O–H groups in total. The number of ether oxygens (including phenoxy) is 1. The lowest BCUT2D eigenvalue weighted by atomic mass is 10.0. The van der Waals surface area contributed by atoms with E-state index in [9.17, 15) is 9.59 Å². The highest BCUT2D eigenvalue weighted by Gasteiger charge is 2.25. The largest absolute Gasteiger partial charge is 0.444 e. The summed E-state index contributed by atoms with van der Waals surface area (Å²) < 4.78 is 5.45. The Morgan fingerprint density at radius 1 is 1.12 bits per heavy atom. The molecule has 0 saturated carbocycles. The van der Waals surface area contributed by atoms with Gasteiger partial charge in [-0.2, -0.15) is 0 Å². The molecule has 0 bridgehead atoms. The van der Waals surface area contributed by atoms with Crippen LogP contribution < -0.4 is 11.1 Å². The van der Waals surface area contributed by atoms with Gasteiger partial charge in [-0.05, 0) is 94.9 Å². The van der Waals surface area contributed by atoms with E-state index in [1.165, 1.54) is 0 Å². The summed E-state index contributed by atoms with van der Waals surface area (Å²) in [7, 11) is 0. The maximum Gasteiger partial charge on any atom is 0.410 e. The van der Waals surface area contributed by atoms with Crippen LogP contribution in [0.1, 0.15) is 54.2 Å². The Morgan fingerprint density at radius 3 is 2.42 bits per heavy atom. The van der Waals surface area contributed by atoms with E-state index < -0.39 is 5.60 Å². The molecular weight excluding hydrogens is 526 g/mol. The summed E-state index contributed by atoms with van der Waals surface area (Å²) in [5.74, 6) is 6.27. The number of nitrogens with one attached hydrogen (secondary N) is 1. The van der Waals surface area contributed by atoms with Crippen molar-refractivity contribution in [1.82, 2.24) is 15.1 Å². The van der Waals surface area contributed by atoms with Crippen LogP contribution in [0.25, 0.3) is 5.57 Å². The summed E-state index contributed by atoms with van der Waals surface area (Å²) in [5.41, 5.74) is 9.18. The highest BCUT2D eigenvalue weighted by Crippen LogP contribution is 2.24. The molecule has 0 aromatic heterocycles. The number of benzene rings is 2.